The van der Waals surface area contributed by atoms with Crippen LogP contribution < -0.4 is 0 Å². The lowest BCUT2D eigenvalue weighted by molar-refractivity contribution is 0.269. The summed E-state index contributed by atoms with van der Waals surface area (Å²) in [7, 11) is 4.31. The average Bonchev–Trinajstić information content (AvgIpc) is 1.82. The molecule has 56 valence electrons. The summed E-state index contributed by atoms with van der Waals surface area (Å²) in [4.78, 5) is 2.31. The molecule has 0 heterocycles. The molecule has 1 nitrogen and oxygen atoms in total. The molecule has 1 heteroatoms. The molecular formula is C8H19N. The van der Waals surface area contributed by atoms with Crippen molar-refractivity contribution in [1.29, 1.82) is 0 Å². The van der Waals surface area contributed by atoms with Crippen LogP contribution >= 0.6 is 0 Å². The molecule has 0 rings (SSSR count). The summed E-state index contributed by atoms with van der Waals surface area (Å²) in [5.41, 5.74) is 0. The van der Waals surface area contributed by atoms with E-state index in [1.807, 2.05) is 0 Å². The summed E-state index contributed by atoms with van der Waals surface area (Å²) in [5, 5.41) is 0. The van der Waals surface area contributed by atoms with Gasteiger partial charge in [0.15, 0.2) is 0 Å². The van der Waals surface area contributed by atoms with Crippen LogP contribution in [0.2, 0.25) is 0 Å². The van der Waals surface area contributed by atoms with E-state index in [2.05, 4.69) is 32.8 Å². The normalized spacial score (nSPS) is 14.3. The van der Waals surface area contributed by atoms with Gasteiger partial charge >= 0.3 is 0 Å². The third-order valence-corrected chi connectivity index (χ3v) is 1.82. The zero-order valence-corrected chi connectivity index (χ0v) is 7.15. The number of nitrogens with zero attached hydrogens (tertiary/aromatic N) is 1. The molecule has 0 spiro atoms. The monoisotopic (exact) mass is 129 g/mol. The molecule has 0 radical (unpaired) electrons. The summed E-state index contributed by atoms with van der Waals surface area (Å²) < 4.78 is 0. The van der Waals surface area contributed by atoms with Gasteiger partial charge in [-0.2, -0.15) is 0 Å². The van der Waals surface area contributed by atoms with Gasteiger partial charge in [-0.3, -0.25) is 0 Å². The van der Waals surface area contributed by atoms with Crippen LogP contribution in [0.4, 0.5) is 0 Å². The van der Waals surface area contributed by atoms with Crippen molar-refractivity contribution in [2.75, 3.05) is 14.1 Å². The maximum absolute atomic E-state index is 2.31. The summed E-state index contributed by atoms with van der Waals surface area (Å²) in [5.74, 6) is 0. The molecule has 0 aliphatic heterocycles. The lowest BCUT2D eigenvalue weighted by Gasteiger charge is -2.21. The van der Waals surface area contributed by atoms with Crippen LogP contribution in [0.5, 0.6) is 0 Å². The highest BCUT2D eigenvalue weighted by Gasteiger charge is 2.05. The van der Waals surface area contributed by atoms with E-state index < -0.39 is 0 Å². The maximum atomic E-state index is 2.31. The van der Waals surface area contributed by atoms with E-state index in [1.165, 1.54) is 19.3 Å². The van der Waals surface area contributed by atoms with Crippen LogP contribution in [0.15, 0.2) is 0 Å². The van der Waals surface area contributed by atoms with Gasteiger partial charge in [-0.05, 0) is 26.9 Å². The Morgan fingerprint density at radius 1 is 1.22 bits per heavy atom. The van der Waals surface area contributed by atoms with Crippen LogP contribution in [0, 0.1) is 0 Å². The molecule has 0 aromatic carbocycles. The van der Waals surface area contributed by atoms with Crippen LogP contribution in [0.1, 0.15) is 33.1 Å². The lowest BCUT2D eigenvalue weighted by Crippen LogP contribution is -2.26. The van der Waals surface area contributed by atoms with Crippen molar-refractivity contribution in [1.82, 2.24) is 4.90 Å². The van der Waals surface area contributed by atoms with Gasteiger partial charge in [0.2, 0.25) is 0 Å². The number of hydrogen-bond donors (Lipinski definition) is 0. The predicted octanol–water partition coefficient (Wildman–Crippen LogP) is 2.13. The van der Waals surface area contributed by atoms with Gasteiger partial charge in [-0.15, -0.1) is 0 Å². The van der Waals surface area contributed by atoms with E-state index in [1.54, 1.807) is 0 Å². The van der Waals surface area contributed by atoms with Gasteiger partial charge in [0.25, 0.3) is 0 Å². The molecular weight excluding hydrogens is 110 g/mol. The van der Waals surface area contributed by atoms with Crippen molar-refractivity contribution < 1.29 is 0 Å². The molecule has 0 fully saturated rings. The molecule has 0 saturated carbocycles. The first-order valence-corrected chi connectivity index (χ1v) is 3.88. The largest absolute Gasteiger partial charge is 0.306 e. The van der Waals surface area contributed by atoms with E-state index in [9.17, 15) is 0 Å². The fourth-order valence-electron chi connectivity index (χ4n) is 1.16. The summed E-state index contributed by atoms with van der Waals surface area (Å²) in [6, 6.07) is 0.801. The molecule has 0 aliphatic rings. The Morgan fingerprint density at radius 2 is 1.78 bits per heavy atom. The highest BCUT2D eigenvalue weighted by molar-refractivity contribution is 4.61. The Balaban J connectivity index is 3.41. The molecule has 0 saturated heterocycles. The van der Waals surface area contributed by atoms with Crippen LogP contribution in [0.25, 0.3) is 0 Å². The number of rotatable bonds is 4. The second-order valence-electron chi connectivity index (χ2n) is 2.81. The van der Waals surface area contributed by atoms with E-state index >= 15 is 0 Å². The quantitative estimate of drug-likeness (QED) is 0.562. The van der Waals surface area contributed by atoms with E-state index in [-0.39, 0.29) is 0 Å². The van der Waals surface area contributed by atoms with Gasteiger partial charge < -0.3 is 4.90 Å². The highest BCUT2D eigenvalue weighted by Crippen LogP contribution is 2.05. The van der Waals surface area contributed by atoms with Gasteiger partial charge in [0, 0.05) is 6.04 Å². The second kappa shape index (κ2) is 4.80. The Kier molecular flexibility index (Phi) is 4.78. The lowest BCUT2D eigenvalue weighted by atomic mass is 10.1. The SMILES string of the molecule is CCC[C@H](CC)N(C)C. The van der Waals surface area contributed by atoms with Crippen molar-refractivity contribution in [2.24, 2.45) is 0 Å². The molecule has 0 aliphatic carbocycles. The van der Waals surface area contributed by atoms with E-state index in [4.69, 9.17) is 0 Å². The first kappa shape index (κ1) is 8.96. The van der Waals surface area contributed by atoms with Crippen LogP contribution in [-0.2, 0) is 0 Å². The Labute approximate surface area is 59.1 Å². The van der Waals surface area contributed by atoms with Gasteiger partial charge in [0.05, 0.1) is 0 Å². The third-order valence-electron chi connectivity index (χ3n) is 1.82. The van der Waals surface area contributed by atoms with Crippen LogP contribution in [-0.4, -0.2) is 25.0 Å². The average molecular weight is 129 g/mol. The first-order valence-electron chi connectivity index (χ1n) is 3.88. The Morgan fingerprint density at radius 3 is 1.89 bits per heavy atom. The second-order valence-corrected chi connectivity index (χ2v) is 2.81. The topological polar surface area (TPSA) is 3.24 Å². The van der Waals surface area contributed by atoms with Gasteiger partial charge in [0.1, 0.15) is 0 Å². The summed E-state index contributed by atoms with van der Waals surface area (Å²) >= 11 is 0. The van der Waals surface area contributed by atoms with E-state index in [0.29, 0.717) is 0 Å². The molecule has 1 atom stereocenters. The summed E-state index contributed by atoms with van der Waals surface area (Å²) in [6.07, 6.45) is 3.92. The molecule has 0 N–H and O–H groups in total. The molecule has 0 aromatic heterocycles. The molecule has 0 amide bonds. The van der Waals surface area contributed by atoms with Crippen molar-refractivity contribution >= 4 is 0 Å². The van der Waals surface area contributed by atoms with Gasteiger partial charge in [-0.1, -0.05) is 20.3 Å². The molecule has 9 heavy (non-hydrogen) atoms. The van der Waals surface area contributed by atoms with Crippen molar-refractivity contribution in [3.05, 3.63) is 0 Å². The highest BCUT2D eigenvalue weighted by atomic mass is 15.1. The molecule has 0 unspecified atom stereocenters. The van der Waals surface area contributed by atoms with Gasteiger partial charge in [-0.25, -0.2) is 0 Å². The van der Waals surface area contributed by atoms with Crippen molar-refractivity contribution in [2.45, 2.75) is 39.2 Å². The Bertz CT molecular complexity index is 59.6. The molecule has 0 aromatic rings. The number of hydrogen-bond acceptors (Lipinski definition) is 1. The van der Waals surface area contributed by atoms with Crippen molar-refractivity contribution in [3.8, 4) is 0 Å². The maximum Gasteiger partial charge on any atom is 0.00864 e. The standard InChI is InChI=1S/C8H19N/c1-5-7-8(6-2)9(3)4/h8H,5-7H2,1-4H3/t8-/m0/s1. The molecule has 0 bridgehead atoms. The van der Waals surface area contributed by atoms with Crippen molar-refractivity contribution in [3.63, 3.8) is 0 Å². The summed E-state index contributed by atoms with van der Waals surface area (Å²) in [6.45, 7) is 4.49. The smallest absolute Gasteiger partial charge is 0.00864 e. The zero-order valence-electron chi connectivity index (χ0n) is 7.15. The zero-order chi connectivity index (χ0) is 7.28. The van der Waals surface area contributed by atoms with Crippen LogP contribution in [0.3, 0.4) is 0 Å². The Hall–Kier alpha value is -0.0400. The predicted molar refractivity (Wildman–Crippen MR) is 42.7 cm³/mol. The fourth-order valence-corrected chi connectivity index (χ4v) is 1.16. The first-order chi connectivity index (χ1) is 4.22. The third kappa shape index (κ3) is 3.52. The fraction of sp³-hybridized carbons (Fsp3) is 1.00. The minimum Gasteiger partial charge on any atom is -0.306 e. The minimum absolute atomic E-state index is 0.801. The van der Waals surface area contributed by atoms with E-state index in [0.717, 1.165) is 6.04 Å². The minimum atomic E-state index is 0.801.